The lowest BCUT2D eigenvalue weighted by Gasteiger charge is -2.15. The normalized spacial score (nSPS) is 16.0. The Morgan fingerprint density at radius 3 is 2.32 bits per heavy atom. The number of hydrogen-bond donors (Lipinski definition) is 0. The molecule has 0 radical (unpaired) electrons. The van der Waals surface area contributed by atoms with Crippen molar-refractivity contribution in [2.75, 3.05) is 11.4 Å². The van der Waals surface area contributed by atoms with Gasteiger partial charge in [-0.2, -0.15) is 4.98 Å². The van der Waals surface area contributed by atoms with E-state index in [1.165, 1.54) is 5.56 Å². The predicted molar refractivity (Wildman–Crippen MR) is 117 cm³/mol. The molecule has 0 bridgehead atoms. The molecule has 0 aliphatic carbocycles. The maximum absolute atomic E-state index is 12.5. The summed E-state index contributed by atoms with van der Waals surface area (Å²) in [7, 11) is 0. The number of para-hydroxylation sites is 1. The van der Waals surface area contributed by atoms with Gasteiger partial charge in [0.2, 0.25) is 17.6 Å². The summed E-state index contributed by atoms with van der Waals surface area (Å²) in [6.07, 6.45) is 0.361. The van der Waals surface area contributed by atoms with Crippen LogP contribution in [0, 0.1) is 6.92 Å². The number of carbonyl (C=O) groups is 1. The molecular weight excluding hydrogens is 390 g/mol. The summed E-state index contributed by atoms with van der Waals surface area (Å²) in [5.74, 6) is 2.46. The van der Waals surface area contributed by atoms with Crippen LogP contribution in [0.15, 0.2) is 83.4 Å². The van der Waals surface area contributed by atoms with E-state index in [9.17, 15) is 4.79 Å². The molecule has 1 atom stereocenters. The maximum Gasteiger partial charge on any atom is 0.232 e. The van der Waals surface area contributed by atoms with Gasteiger partial charge in [-0.3, -0.25) is 4.79 Å². The summed E-state index contributed by atoms with van der Waals surface area (Å²) in [6.45, 7) is 2.58. The van der Waals surface area contributed by atoms with Crippen LogP contribution in [0.5, 0.6) is 11.5 Å². The minimum Gasteiger partial charge on any atom is -0.457 e. The second kappa shape index (κ2) is 8.07. The van der Waals surface area contributed by atoms with Crippen molar-refractivity contribution in [2.24, 2.45) is 0 Å². The van der Waals surface area contributed by atoms with Gasteiger partial charge in [0.05, 0.1) is 5.92 Å². The van der Waals surface area contributed by atoms with Crippen molar-refractivity contribution in [3.63, 3.8) is 0 Å². The van der Waals surface area contributed by atoms with E-state index in [1.807, 2.05) is 85.8 Å². The van der Waals surface area contributed by atoms with Crippen LogP contribution in [-0.4, -0.2) is 22.6 Å². The lowest BCUT2D eigenvalue weighted by Crippen LogP contribution is -2.24. The average molecular weight is 411 g/mol. The number of rotatable bonds is 5. The summed E-state index contributed by atoms with van der Waals surface area (Å²) in [5, 5.41) is 4.12. The van der Waals surface area contributed by atoms with Crippen LogP contribution in [0.2, 0.25) is 0 Å². The average Bonchev–Trinajstić information content (AvgIpc) is 3.44. The summed E-state index contributed by atoms with van der Waals surface area (Å²) in [6, 6.07) is 25.1. The van der Waals surface area contributed by atoms with E-state index in [2.05, 4.69) is 10.1 Å². The molecule has 154 valence electrons. The molecule has 0 N–H and O–H groups in total. The van der Waals surface area contributed by atoms with E-state index < -0.39 is 0 Å². The Morgan fingerprint density at radius 1 is 0.935 bits per heavy atom. The maximum atomic E-state index is 12.5. The molecule has 6 heteroatoms. The van der Waals surface area contributed by atoms with E-state index in [0.717, 1.165) is 22.7 Å². The van der Waals surface area contributed by atoms with Crippen molar-refractivity contribution in [1.82, 2.24) is 10.1 Å². The monoisotopic (exact) mass is 411 g/mol. The lowest BCUT2D eigenvalue weighted by atomic mass is 10.1. The van der Waals surface area contributed by atoms with E-state index in [-0.39, 0.29) is 11.8 Å². The standard InChI is InChI=1S/C25H21N3O3/c1-17-7-11-21(12-8-17)30-22-13-9-18(10-14-22)24-26-25(31-27-24)19-15-23(29)28(16-19)20-5-3-2-4-6-20/h2-14,19H,15-16H2,1H3/t19-/m0/s1. The molecule has 1 aliphatic rings. The Hall–Kier alpha value is -3.93. The smallest absolute Gasteiger partial charge is 0.232 e. The van der Waals surface area contributed by atoms with Crippen LogP contribution in [0.4, 0.5) is 5.69 Å². The summed E-state index contributed by atoms with van der Waals surface area (Å²) in [4.78, 5) is 18.8. The third kappa shape index (κ3) is 4.05. The Labute approximate surface area is 180 Å². The number of carbonyl (C=O) groups excluding carboxylic acids is 1. The zero-order valence-electron chi connectivity index (χ0n) is 17.1. The number of benzene rings is 3. The highest BCUT2D eigenvalue weighted by Gasteiger charge is 2.35. The first-order valence-electron chi connectivity index (χ1n) is 10.2. The van der Waals surface area contributed by atoms with Crippen molar-refractivity contribution in [3.05, 3.63) is 90.3 Å². The molecule has 1 fully saturated rings. The second-order valence-electron chi connectivity index (χ2n) is 7.64. The van der Waals surface area contributed by atoms with Crippen molar-refractivity contribution in [3.8, 4) is 22.9 Å². The molecule has 2 heterocycles. The number of hydrogen-bond acceptors (Lipinski definition) is 5. The SMILES string of the molecule is Cc1ccc(Oc2ccc(-c3noc([C@H]4CC(=O)N(c5ccccc5)C4)n3)cc2)cc1. The molecule has 1 aromatic heterocycles. The Balaban J connectivity index is 1.28. The number of amides is 1. The predicted octanol–water partition coefficient (Wildman–Crippen LogP) is 5.36. The molecule has 1 saturated heterocycles. The zero-order valence-corrected chi connectivity index (χ0v) is 17.1. The number of nitrogens with zero attached hydrogens (tertiary/aromatic N) is 3. The molecule has 0 unspecified atom stereocenters. The first kappa shape index (κ1) is 19.1. The fourth-order valence-corrected chi connectivity index (χ4v) is 3.66. The second-order valence-corrected chi connectivity index (χ2v) is 7.64. The minimum atomic E-state index is -0.113. The molecule has 1 aliphatic heterocycles. The van der Waals surface area contributed by atoms with Gasteiger partial charge in [-0.1, -0.05) is 41.1 Å². The van der Waals surface area contributed by atoms with Crippen molar-refractivity contribution < 1.29 is 14.1 Å². The van der Waals surface area contributed by atoms with Crippen LogP contribution >= 0.6 is 0 Å². The highest BCUT2D eigenvalue weighted by atomic mass is 16.5. The third-order valence-electron chi connectivity index (χ3n) is 5.35. The molecule has 3 aromatic carbocycles. The molecule has 5 rings (SSSR count). The highest BCUT2D eigenvalue weighted by Crippen LogP contribution is 2.32. The summed E-state index contributed by atoms with van der Waals surface area (Å²) < 4.78 is 11.4. The van der Waals surface area contributed by atoms with Gasteiger partial charge in [0.1, 0.15) is 11.5 Å². The van der Waals surface area contributed by atoms with Gasteiger partial charge in [0, 0.05) is 24.2 Å². The minimum absolute atomic E-state index is 0.0635. The molecule has 0 spiro atoms. The van der Waals surface area contributed by atoms with Crippen LogP contribution in [0.25, 0.3) is 11.4 Å². The molecule has 31 heavy (non-hydrogen) atoms. The fraction of sp³-hybridized carbons (Fsp3) is 0.160. The Bertz CT molecular complexity index is 1180. The van der Waals surface area contributed by atoms with Crippen molar-refractivity contribution in [2.45, 2.75) is 19.3 Å². The van der Waals surface area contributed by atoms with Gasteiger partial charge in [0.25, 0.3) is 0 Å². The van der Waals surface area contributed by atoms with Crippen LogP contribution in [-0.2, 0) is 4.79 Å². The summed E-state index contributed by atoms with van der Waals surface area (Å²) >= 11 is 0. The van der Waals surface area contributed by atoms with E-state index in [0.29, 0.717) is 24.7 Å². The largest absolute Gasteiger partial charge is 0.457 e. The number of aromatic nitrogens is 2. The number of anilines is 1. The van der Waals surface area contributed by atoms with E-state index in [1.54, 1.807) is 4.90 Å². The number of ether oxygens (including phenoxy) is 1. The van der Waals surface area contributed by atoms with Gasteiger partial charge < -0.3 is 14.2 Å². The first-order valence-corrected chi connectivity index (χ1v) is 10.2. The van der Waals surface area contributed by atoms with E-state index in [4.69, 9.17) is 9.26 Å². The molecule has 1 amide bonds. The van der Waals surface area contributed by atoms with Crippen LogP contribution < -0.4 is 9.64 Å². The quantitative estimate of drug-likeness (QED) is 0.442. The third-order valence-corrected chi connectivity index (χ3v) is 5.35. The van der Waals surface area contributed by atoms with Crippen LogP contribution in [0.3, 0.4) is 0 Å². The van der Waals surface area contributed by atoms with Gasteiger partial charge in [-0.15, -0.1) is 0 Å². The van der Waals surface area contributed by atoms with Gasteiger partial charge in [-0.05, 0) is 55.5 Å². The highest BCUT2D eigenvalue weighted by molar-refractivity contribution is 5.96. The molecule has 0 saturated carbocycles. The molecule has 6 nitrogen and oxygen atoms in total. The molecular formula is C25H21N3O3. The molecule has 4 aromatic rings. The topological polar surface area (TPSA) is 68.5 Å². The van der Waals surface area contributed by atoms with Gasteiger partial charge >= 0.3 is 0 Å². The fourth-order valence-electron chi connectivity index (χ4n) is 3.66. The number of aryl methyl sites for hydroxylation is 1. The van der Waals surface area contributed by atoms with Crippen molar-refractivity contribution >= 4 is 11.6 Å². The Morgan fingerprint density at radius 2 is 1.61 bits per heavy atom. The Kier molecular flexibility index (Phi) is 4.96. The van der Waals surface area contributed by atoms with Gasteiger partial charge in [-0.25, -0.2) is 0 Å². The lowest BCUT2D eigenvalue weighted by molar-refractivity contribution is -0.117. The van der Waals surface area contributed by atoms with E-state index >= 15 is 0 Å². The van der Waals surface area contributed by atoms with Crippen molar-refractivity contribution in [1.29, 1.82) is 0 Å². The summed E-state index contributed by atoms with van der Waals surface area (Å²) in [5.41, 5.74) is 2.90. The first-order chi connectivity index (χ1) is 15.2. The van der Waals surface area contributed by atoms with Crippen LogP contribution in [0.1, 0.15) is 23.8 Å². The zero-order chi connectivity index (χ0) is 21.2. The van der Waals surface area contributed by atoms with Gasteiger partial charge in [0.15, 0.2) is 0 Å².